The Balaban J connectivity index is 1.26. The smallest absolute Gasteiger partial charge is 0.127 e. The van der Waals surface area contributed by atoms with Crippen LogP contribution in [0.1, 0.15) is 38.5 Å². The lowest BCUT2D eigenvalue weighted by Crippen LogP contribution is -2.43. The van der Waals surface area contributed by atoms with Crippen molar-refractivity contribution in [1.82, 2.24) is 10.2 Å². The molecule has 33 heavy (non-hydrogen) atoms. The largest absolute Gasteiger partial charge is 0.493 e. The average molecular weight is 443 g/mol. The summed E-state index contributed by atoms with van der Waals surface area (Å²) in [4.78, 5) is 2.60. The van der Waals surface area contributed by atoms with E-state index in [2.05, 4.69) is 89.1 Å². The highest BCUT2D eigenvalue weighted by Crippen LogP contribution is 2.39. The van der Waals surface area contributed by atoms with Crippen molar-refractivity contribution in [3.63, 3.8) is 0 Å². The summed E-state index contributed by atoms with van der Waals surface area (Å²) in [6, 6.07) is 27.7. The van der Waals surface area contributed by atoms with Crippen molar-refractivity contribution in [1.29, 1.82) is 0 Å². The van der Waals surface area contributed by atoms with Crippen molar-refractivity contribution in [3.8, 4) is 28.0 Å². The zero-order valence-corrected chi connectivity index (χ0v) is 19.8. The van der Waals surface area contributed by atoms with Gasteiger partial charge in [0.25, 0.3) is 0 Å². The summed E-state index contributed by atoms with van der Waals surface area (Å²) in [5.41, 5.74) is 4.85. The number of piperazine rings is 1. The topological polar surface area (TPSA) is 24.5 Å². The molecule has 0 amide bonds. The maximum absolute atomic E-state index is 6.35. The van der Waals surface area contributed by atoms with Crippen molar-refractivity contribution in [2.75, 3.05) is 39.3 Å². The van der Waals surface area contributed by atoms with Crippen LogP contribution in [0.15, 0.2) is 78.9 Å². The Kier molecular flexibility index (Phi) is 9.40. The number of nitrogens with zero attached hydrogens (tertiary/aromatic N) is 1. The molecule has 0 aromatic heterocycles. The van der Waals surface area contributed by atoms with Crippen LogP contribution in [0.25, 0.3) is 22.3 Å². The highest BCUT2D eigenvalue weighted by molar-refractivity contribution is 5.87. The molecule has 1 saturated heterocycles. The van der Waals surface area contributed by atoms with E-state index in [-0.39, 0.29) is 0 Å². The van der Waals surface area contributed by atoms with E-state index in [9.17, 15) is 0 Å². The van der Waals surface area contributed by atoms with E-state index in [1.54, 1.807) is 0 Å². The SMILES string of the molecule is c1ccc(-c2cccc(OCCCCCCCCN3CCNCC3)c2-c2ccccc2)cc1. The highest BCUT2D eigenvalue weighted by Gasteiger charge is 2.13. The maximum Gasteiger partial charge on any atom is 0.127 e. The Bertz CT molecular complexity index is 936. The molecular weight excluding hydrogens is 404 g/mol. The monoisotopic (exact) mass is 442 g/mol. The molecule has 3 nitrogen and oxygen atoms in total. The van der Waals surface area contributed by atoms with Crippen LogP contribution in [0.5, 0.6) is 5.75 Å². The van der Waals surface area contributed by atoms with Gasteiger partial charge in [-0.05, 0) is 42.1 Å². The van der Waals surface area contributed by atoms with Crippen LogP contribution in [0.3, 0.4) is 0 Å². The van der Waals surface area contributed by atoms with Gasteiger partial charge in [0.1, 0.15) is 5.75 Å². The molecule has 0 aliphatic carbocycles. The van der Waals surface area contributed by atoms with Crippen LogP contribution in [0, 0.1) is 0 Å². The zero-order valence-electron chi connectivity index (χ0n) is 19.8. The minimum Gasteiger partial charge on any atom is -0.493 e. The first-order valence-corrected chi connectivity index (χ1v) is 12.7. The van der Waals surface area contributed by atoms with Crippen LogP contribution in [-0.4, -0.2) is 44.2 Å². The summed E-state index contributed by atoms with van der Waals surface area (Å²) in [5.74, 6) is 0.985. The van der Waals surface area contributed by atoms with Crippen LogP contribution in [0.2, 0.25) is 0 Å². The molecule has 174 valence electrons. The molecule has 1 fully saturated rings. The fourth-order valence-corrected chi connectivity index (χ4v) is 4.67. The lowest BCUT2D eigenvalue weighted by atomic mass is 9.94. The van der Waals surface area contributed by atoms with Crippen molar-refractivity contribution in [3.05, 3.63) is 78.9 Å². The second kappa shape index (κ2) is 13.2. The van der Waals surface area contributed by atoms with Crippen molar-refractivity contribution >= 4 is 0 Å². The van der Waals surface area contributed by atoms with Crippen LogP contribution >= 0.6 is 0 Å². The first-order chi connectivity index (χ1) is 16.4. The molecule has 0 saturated carbocycles. The first-order valence-electron chi connectivity index (χ1n) is 12.7. The minimum atomic E-state index is 0.777. The Morgan fingerprint density at radius 1 is 0.636 bits per heavy atom. The molecule has 1 aliphatic heterocycles. The zero-order chi connectivity index (χ0) is 22.6. The minimum absolute atomic E-state index is 0.777. The summed E-state index contributed by atoms with van der Waals surface area (Å²) >= 11 is 0. The molecule has 0 atom stereocenters. The maximum atomic E-state index is 6.35. The highest BCUT2D eigenvalue weighted by atomic mass is 16.5. The van der Waals surface area contributed by atoms with E-state index >= 15 is 0 Å². The summed E-state index contributed by atoms with van der Waals surface area (Å²) in [6.07, 6.45) is 7.69. The molecule has 1 heterocycles. The van der Waals surface area contributed by atoms with Gasteiger partial charge in [-0.3, -0.25) is 0 Å². The average Bonchev–Trinajstić information content (AvgIpc) is 2.89. The molecule has 1 N–H and O–H groups in total. The number of nitrogens with one attached hydrogen (secondary N) is 1. The quantitative estimate of drug-likeness (QED) is 0.318. The molecule has 0 radical (unpaired) electrons. The van der Waals surface area contributed by atoms with Crippen molar-refractivity contribution in [2.45, 2.75) is 38.5 Å². The summed E-state index contributed by atoms with van der Waals surface area (Å²) in [5, 5.41) is 3.43. The normalized spacial score (nSPS) is 14.3. The molecule has 0 unspecified atom stereocenters. The number of hydrogen-bond donors (Lipinski definition) is 1. The molecule has 0 spiro atoms. The first kappa shape index (κ1) is 23.5. The molecule has 3 heteroatoms. The van der Waals surface area contributed by atoms with E-state index in [0.29, 0.717) is 0 Å². The van der Waals surface area contributed by atoms with Gasteiger partial charge in [0.05, 0.1) is 6.61 Å². The second-order valence-electron chi connectivity index (χ2n) is 8.97. The van der Waals surface area contributed by atoms with Gasteiger partial charge in [0.15, 0.2) is 0 Å². The lowest BCUT2D eigenvalue weighted by molar-refractivity contribution is 0.235. The Labute approximate surface area is 199 Å². The number of rotatable bonds is 12. The van der Waals surface area contributed by atoms with E-state index in [1.807, 2.05) is 0 Å². The predicted octanol–water partition coefficient (Wildman–Crippen LogP) is 6.65. The van der Waals surface area contributed by atoms with Gasteiger partial charge < -0.3 is 15.0 Å². The van der Waals surface area contributed by atoms with Crippen LogP contribution in [-0.2, 0) is 0 Å². The van der Waals surface area contributed by atoms with Crippen molar-refractivity contribution < 1.29 is 4.74 Å². The Morgan fingerprint density at radius 2 is 1.27 bits per heavy atom. The third kappa shape index (κ3) is 7.18. The fraction of sp³-hybridized carbons (Fsp3) is 0.400. The van der Waals surface area contributed by atoms with Gasteiger partial charge in [0, 0.05) is 31.7 Å². The fourth-order valence-electron chi connectivity index (χ4n) is 4.67. The summed E-state index contributed by atoms with van der Waals surface area (Å²) in [7, 11) is 0. The summed E-state index contributed by atoms with van der Waals surface area (Å²) in [6.45, 7) is 6.78. The second-order valence-corrected chi connectivity index (χ2v) is 8.97. The number of ether oxygens (including phenoxy) is 1. The van der Waals surface area contributed by atoms with Gasteiger partial charge in [0.2, 0.25) is 0 Å². The molecule has 3 aromatic carbocycles. The predicted molar refractivity (Wildman–Crippen MR) is 140 cm³/mol. The third-order valence-corrected chi connectivity index (χ3v) is 6.51. The van der Waals surface area contributed by atoms with Gasteiger partial charge in [-0.1, -0.05) is 98.5 Å². The summed E-state index contributed by atoms with van der Waals surface area (Å²) < 4.78 is 6.35. The number of hydrogen-bond acceptors (Lipinski definition) is 3. The molecular formula is C30H38N2O. The third-order valence-electron chi connectivity index (χ3n) is 6.51. The van der Waals surface area contributed by atoms with Gasteiger partial charge in [-0.15, -0.1) is 0 Å². The van der Waals surface area contributed by atoms with E-state index in [0.717, 1.165) is 31.9 Å². The van der Waals surface area contributed by atoms with Crippen molar-refractivity contribution in [2.24, 2.45) is 0 Å². The number of unbranched alkanes of at least 4 members (excludes halogenated alkanes) is 5. The van der Waals surface area contributed by atoms with E-state index < -0.39 is 0 Å². The van der Waals surface area contributed by atoms with Gasteiger partial charge in [-0.2, -0.15) is 0 Å². The molecule has 1 aliphatic rings. The van der Waals surface area contributed by atoms with Gasteiger partial charge >= 0.3 is 0 Å². The standard InChI is InChI=1S/C30H38N2O/c1(3-11-22-32-23-20-31-21-24-32)2-4-12-25-33-29-19-13-18-28(26-14-7-5-8-15-26)30(29)27-16-9-6-10-17-27/h5-10,13-19,31H,1-4,11-12,20-25H2. The van der Waals surface area contributed by atoms with Crippen LogP contribution < -0.4 is 10.1 Å². The van der Waals surface area contributed by atoms with E-state index in [4.69, 9.17) is 4.74 Å². The van der Waals surface area contributed by atoms with Gasteiger partial charge in [-0.25, -0.2) is 0 Å². The Hall–Kier alpha value is -2.62. The molecule has 4 rings (SSSR count). The lowest BCUT2D eigenvalue weighted by Gasteiger charge is -2.27. The number of benzene rings is 3. The molecule has 0 bridgehead atoms. The van der Waals surface area contributed by atoms with E-state index in [1.165, 1.54) is 74.0 Å². The molecule has 3 aromatic rings. The Morgan fingerprint density at radius 3 is 2.00 bits per heavy atom. The van der Waals surface area contributed by atoms with Crippen LogP contribution in [0.4, 0.5) is 0 Å².